The van der Waals surface area contributed by atoms with Crippen molar-refractivity contribution in [3.8, 4) is 11.1 Å². The molecule has 0 spiro atoms. The number of carbonyl (C=O) groups excluding carboxylic acids is 1. The number of benzene rings is 2. The Balaban J connectivity index is 1.51. The van der Waals surface area contributed by atoms with Gasteiger partial charge in [0.05, 0.1) is 5.69 Å². The molecule has 2 N–H and O–H groups in total. The molecule has 1 aliphatic rings. The fourth-order valence-corrected chi connectivity index (χ4v) is 4.32. The van der Waals surface area contributed by atoms with Crippen LogP contribution in [0.1, 0.15) is 31.6 Å². The van der Waals surface area contributed by atoms with Crippen molar-refractivity contribution >= 4 is 29.1 Å². The lowest BCUT2D eigenvalue weighted by molar-refractivity contribution is 0.0703. The van der Waals surface area contributed by atoms with E-state index in [2.05, 4.69) is 17.4 Å². The van der Waals surface area contributed by atoms with E-state index in [1.807, 2.05) is 36.4 Å². The highest BCUT2D eigenvalue weighted by Gasteiger charge is 2.29. The van der Waals surface area contributed by atoms with Crippen LogP contribution in [-0.4, -0.2) is 23.8 Å². The standard InChI is InChI=1S/C21H17NO4S/c1-12-10-18(19(27-12)20(23)24)22-21(25)26-11-17-15-8-4-2-6-13(15)14-7-3-5-9-16(14)17/h2-10,17H,11H2,1H3,(H,22,25)(H,23,24). The van der Waals surface area contributed by atoms with Crippen molar-refractivity contribution in [1.82, 2.24) is 0 Å². The minimum atomic E-state index is -1.07. The van der Waals surface area contributed by atoms with Gasteiger partial charge >= 0.3 is 12.1 Å². The third-order valence-electron chi connectivity index (χ3n) is 4.63. The van der Waals surface area contributed by atoms with E-state index in [-0.39, 0.29) is 23.1 Å². The summed E-state index contributed by atoms with van der Waals surface area (Å²) in [5.41, 5.74) is 4.84. The summed E-state index contributed by atoms with van der Waals surface area (Å²) in [4.78, 5) is 24.4. The molecule has 6 heteroatoms. The molecule has 1 amide bonds. The van der Waals surface area contributed by atoms with E-state index in [0.29, 0.717) is 0 Å². The van der Waals surface area contributed by atoms with Crippen molar-refractivity contribution in [2.45, 2.75) is 12.8 Å². The highest BCUT2D eigenvalue weighted by atomic mass is 32.1. The molecule has 0 fully saturated rings. The summed E-state index contributed by atoms with van der Waals surface area (Å²) in [7, 11) is 0. The Hall–Kier alpha value is -3.12. The smallest absolute Gasteiger partial charge is 0.411 e. The number of ether oxygens (including phenoxy) is 1. The lowest BCUT2D eigenvalue weighted by Gasteiger charge is -2.14. The molecule has 4 rings (SSSR count). The van der Waals surface area contributed by atoms with Crippen molar-refractivity contribution in [3.63, 3.8) is 0 Å². The van der Waals surface area contributed by atoms with Crippen molar-refractivity contribution in [3.05, 3.63) is 75.5 Å². The number of carboxylic acids is 1. The zero-order valence-corrected chi connectivity index (χ0v) is 15.4. The number of aromatic carboxylic acids is 1. The second-order valence-electron chi connectivity index (χ2n) is 6.36. The van der Waals surface area contributed by atoms with Crippen molar-refractivity contribution in [2.75, 3.05) is 11.9 Å². The maximum Gasteiger partial charge on any atom is 0.411 e. The first-order valence-electron chi connectivity index (χ1n) is 8.50. The van der Waals surface area contributed by atoms with Gasteiger partial charge in [0.1, 0.15) is 11.5 Å². The van der Waals surface area contributed by atoms with E-state index in [1.54, 1.807) is 13.0 Å². The average Bonchev–Trinajstić information content (AvgIpc) is 3.18. The molecule has 3 aromatic rings. The summed E-state index contributed by atoms with van der Waals surface area (Å²) in [5.74, 6) is -1.10. The van der Waals surface area contributed by atoms with Crippen LogP contribution >= 0.6 is 11.3 Å². The Morgan fingerprint density at radius 1 is 1.07 bits per heavy atom. The lowest BCUT2D eigenvalue weighted by Crippen LogP contribution is -2.18. The molecular weight excluding hydrogens is 362 g/mol. The van der Waals surface area contributed by atoms with E-state index >= 15 is 0 Å². The Morgan fingerprint density at radius 2 is 1.67 bits per heavy atom. The Morgan fingerprint density at radius 3 is 2.26 bits per heavy atom. The number of hydrogen-bond acceptors (Lipinski definition) is 4. The topological polar surface area (TPSA) is 75.6 Å². The number of anilines is 1. The summed E-state index contributed by atoms with van der Waals surface area (Å²) in [6.07, 6.45) is -0.655. The summed E-state index contributed by atoms with van der Waals surface area (Å²) in [6, 6.07) is 17.8. The second kappa shape index (κ2) is 6.89. The Kier molecular flexibility index (Phi) is 4.41. The van der Waals surface area contributed by atoms with Gasteiger partial charge in [-0.25, -0.2) is 9.59 Å². The SMILES string of the molecule is Cc1cc(NC(=O)OCC2c3ccccc3-c3ccccc32)c(C(=O)O)s1. The van der Waals surface area contributed by atoms with Crippen LogP contribution in [-0.2, 0) is 4.74 Å². The van der Waals surface area contributed by atoms with E-state index in [1.165, 1.54) is 0 Å². The van der Waals surface area contributed by atoms with Crippen LogP contribution in [0.25, 0.3) is 11.1 Å². The first-order valence-corrected chi connectivity index (χ1v) is 9.32. The van der Waals surface area contributed by atoms with E-state index in [4.69, 9.17) is 4.74 Å². The number of rotatable bonds is 4. The van der Waals surface area contributed by atoms with Gasteiger partial charge in [-0.3, -0.25) is 5.32 Å². The van der Waals surface area contributed by atoms with E-state index in [0.717, 1.165) is 38.5 Å². The number of nitrogens with one attached hydrogen (secondary N) is 1. The lowest BCUT2D eigenvalue weighted by atomic mass is 9.98. The number of amides is 1. The third kappa shape index (κ3) is 3.19. The quantitative estimate of drug-likeness (QED) is 0.660. The predicted octanol–water partition coefficient (Wildman–Crippen LogP) is 5.12. The molecule has 0 aliphatic heterocycles. The molecule has 0 saturated carbocycles. The average molecular weight is 379 g/mol. The fraction of sp³-hybridized carbons (Fsp3) is 0.143. The van der Waals surface area contributed by atoms with Gasteiger partial charge in [-0.1, -0.05) is 48.5 Å². The van der Waals surface area contributed by atoms with Crippen LogP contribution in [0.15, 0.2) is 54.6 Å². The van der Waals surface area contributed by atoms with Crippen molar-refractivity contribution < 1.29 is 19.4 Å². The maximum atomic E-state index is 12.3. The number of thiophene rings is 1. The molecule has 0 unspecified atom stereocenters. The minimum Gasteiger partial charge on any atom is -0.477 e. The summed E-state index contributed by atoms with van der Waals surface area (Å²) < 4.78 is 5.45. The first kappa shape index (κ1) is 17.3. The molecule has 0 bridgehead atoms. The highest BCUT2D eigenvalue weighted by Crippen LogP contribution is 2.44. The van der Waals surface area contributed by atoms with Crippen LogP contribution in [0.2, 0.25) is 0 Å². The summed E-state index contributed by atoms with van der Waals surface area (Å²) in [5, 5.41) is 11.8. The first-order chi connectivity index (χ1) is 13.0. The van der Waals surface area contributed by atoms with Gasteiger partial charge in [0.25, 0.3) is 0 Å². The van der Waals surface area contributed by atoms with Gasteiger partial charge in [0.15, 0.2) is 0 Å². The molecular formula is C21H17NO4S. The van der Waals surface area contributed by atoms with Crippen LogP contribution in [0.3, 0.4) is 0 Å². The zero-order chi connectivity index (χ0) is 19.0. The number of fused-ring (bicyclic) bond motifs is 3. The Labute approximate surface area is 160 Å². The summed E-state index contributed by atoms with van der Waals surface area (Å²) in [6.45, 7) is 1.98. The molecule has 0 saturated heterocycles. The molecule has 27 heavy (non-hydrogen) atoms. The molecule has 1 aliphatic carbocycles. The number of hydrogen-bond donors (Lipinski definition) is 2. The zero-order valence-electron chi connectivity index (χ0n) is 14.6. The maximum absolute atomic E-state index is 12.3. The van der Waals surface area contributed by atoms with Crippen LogP contribution in [0.4, 0.5) is 10.5 Å². The van der Waals surface area contributed by atoms with Gasteiger partial charge in [0, 0.05) is 10.8 Å². The normalized spacial score (nSPS) is 12.3. The highest BCUT2D eigenvalue weighted by molar-refractivity contribution is 7.14. The number of carboxylic acid groups (broad SMARTS) is 1. The van der Waals surface area contributed by atoms with Gasteiger partial charge in [-0.05, 0) is 35.2 Å². The Bertz CT molecular complexity index is 995. The van der Waals surface area contributed by atoms with Gasteiger partial charge in [-0.15, -0.1) is 11.3 Å². The molecule has 5 nitrogen and oxygen atoms in total. The van der Waals surface area contributed by atoms with E-state index < -0.39 is 12.1 Å². The van der Waals surface area contributed by atoms with Crippen LogP contribution < -0.4 is 5.32 Å². The predicted molar refractivity (Wildman–Crippen MR) is 105 cm³/mol. The molecule has 0 atom stereocenters. The summed E-state index contributed by atoms with van der Waals surface area (Å²) >= 11 is 1.12. The van der Waals surface area contributed by atoms with Gasteiger partial charge in [0.2, 0.25) is 0 Å². The van der Waals surface area contributed by atoms with E-state index in [9.17, 15) is 14.7 Å². The van der Waals surface area contributed by atoms with Gasteiger partial charge in [-0.2, -0.15) is 0 Å². The molecule has 136 valence electrons. The van der Waals surface area contributed by atoms with Crippen LogP contribution in [0, 0.1) is 6.92 Å². The second-order valence-corrected chi connectivity index (χ2v) is 7.61. The molecule has 1 heterocycles. The molecule has 1 aromatic heterocycles. The molecule has 2 aromatic carbocycles. The monoisotopic (exact) mass is 379 g/mol. The third-order valence-corrected chi connectivity index (χ3v) is 5.67. The minimum absolute atomic E-state index is 0.0358. The molecule has 0 radical (unpaired) electrons. The fourth-order valence-electron chi connectivity index (χ4n) is 3.51. The van der Waals surface area contributed by atoms with Crippen LogP contribution in [0.5, 0.6) is 0 Å². The van der Waals surface area contributed by atoms with Gasteiger partial charge < -0.3 is 9.84 Å². The largest absolute Gasteiger partial charge is 0.477 e. The number of carbonyl (C=O) groups is 2. The number of aryl methyl sites for hydroxylation is 1. The van der Waals surface area contributed by atoms with Crippen molar-refractivity contribution in [2.24, 2.45) is 0 Å². The van der Waals surface area contributed by atoms with Crippen molar-refractivity contribution in [1.29, 1.82) is 0 Å².